The van der Waals surface area contributed by atoms with E-state index in [1.165, 1.54) is 20.0 Å². The molecule has 1 aromatic heterocycles. The highest BCUT2D eigenvalue weighted by Gasteiger charge is 2.37. The molecule has 2 saturated heterocycles. The monoisotopic (exact) mass is 333 g/mol. The van der Waals surface area contributed by atoms with Gasteiger partial charge in [-0.15, -0.1) is 0 Å². The molecule has 2 fully saturated rings. The molecular formula is C18H27N3O3. The summed E-state index contributed by atoms with van der Waals surface area (Å²) in [7, 11) is 1.37. The smallest absolute Gasteiger partial charge is 0.339 e. The highest BCUT2D eigenvalue weighted by Crippen LogP contribution is 2.28. The molecule has 3 rings (SSSR count). The van der Waals surface area contributed by atoms with Gasteiger partial charge < -0.3 is 15.0 Å². The van der Waals surface area contributed by atoms with Crippen LogP contribution in [0.4, 0.5) is 0 Å². The molecule has 0 radical (unpaired) electrons. The molecule has 1 amide bonds. The first kappa shape index (κ1) is 17.0. The molecule has 6 nitrogen and oxygen atoms in total. The number of hydrogen-bond acceptors (Lipinski definition) is 4. The number of aromatic amines is 1. The van der Waals surface area contributed by atoms with Gasteiger partial charge in [0.25, 0.3) is 5.91 Å². The first-order valence-corrected chi connectivity index (χ1v) is 8.91. The Balaban J connectivity index is 1.78. The van der Waals surface area contributed by atoms with Crippen molar-refractivity contribution in [2.75, 3.05) is 20.2 Å². The summed E-state index contributed by atoms with van der Waals surface area (Å²) in [5.41, 5.74) is 2.42. The van der Waals surface area contributed by atoms with Gasteiger partial charge in [0.15, 0.2) is 0 Å². The molecule has 24 heavy (non-hydrogen) atoms. The van der Waals surface area contributed by atoms with Crippen LogP contribution in [0.2, 0.25) is 0 Å². The predicted molar refractivity (Wildman–Crippen MR) is 91.3 cm³/mol. The number of H-pyrrole nitrogens is 1. The van der Waals surface area contributed by atoms with E-state index in [0.717, 1.165) is 31.6 Å². The average Bonchev–Trinajstić information content (AvgIpc) is 3.15. The molecule has 2 atom stereocenters. The van der Waals surface area contributed by atoms with Crippen molar-refractivity contribution in [3.8, 4) is 0 Å². The number of aryl methyl sites for hydroxylation is 1. The number of ether oxygens (including phenoxy) is 1. The molecular weight excluding hydrogens is 306 g/mol. The van der Waals surface area contributed by atoms with E-state index in [2.05, 4.69) is 15.2 Å². The fourth-order valence-electron chi connectivity index (χ4n) is 4.19. The molecule has 2 aliphatic heterocycles. The van der Waals surface area contributed by atoms with Crippen LogP contribution in [0.1, 0.15) is 64.7 Å². The number of amides is 1. The van der Waals surface area contributed by atoms with Gasteiger partial charge in [0, 0.05) is 24.3 Å². The molecule has 0 saturated carbocycles. The van der Waals surface area contributed by atoms with Crippen LogP contribution < -0.4 is 5.32 Å². The van der Waals surface area contributed by atoms with Crippen LogP contribution in [-0.2, 0) is 11.2 Å². The third-order valence-corrected chi connectivity index (χ3v) is 5.47. The molecule has 0 bridgehead atoms. The van der Waals surface area contributed by atoms with Crippen molar-refractivity contribution < 1.29 is 14.3 Å². The van der Waals surface area contributed by atoms with E-state index >= 15 is 0 Å². The standard InChI is InChI=1S/C18H27N3O3/c1-4-12-15(18(23)24-3)11(2)16(19-12)17(22)20-13-8-10-21-9-6-5-7-14(13)21/h13-14,19H,4-10H2,1-3H3,(H,20,22)/t13-,14-/m1/s1. The van der Waals surface area contributed by atoms with Crippen LogP contribution in [0.5, 0.6) is 0 Å². The summed E-state index contributed by atoms with van der Waals surface area (Å²) >= 11 is 0. The first-order valence-electron chi connectivity index (χ1n) is 8.91. The Labute approximate surface area is 142 Å². The summed E-state index contributed by atoms with van der Waals surface area (Å²) in [6, 6.07) is 0.663. The van der Waals surface area contributed by atoms with Crippen molar-refractivity contribution >= 4 is 11.9 Å². The third-order valence-electron chi connectivity index (χ3n) is 5.47. The minimum Gasteiger partial charge on any atom is -0.465 e. The second-order valence-electron chi connectivity index (χ2n) is 6.79. The third kappa shape index (κ3) is 2.95. The minimum absolute atomic E-state index is 0.116. The van der Waals surface area contributed by atoms with Gasteiger partial charge in [-0.3, -0.25) is 9.69 Å². The van der Waals surface area contributed by atoms with Crippen LogP contribution in [0, 0.1) is 6.92 Å². The summed E-state index contributed by atoms with van der Waals surface area (Å²) in [6.45, 7) is 5.96. The molecule has 2 N–H and O–H groups in total. The Morgan fingerprint density at radius 3 is 2.79 bits per heavy atom. The lowest BCUT2D eigenvalue weighted by Crippen LogP contribution is -2.47. The van der Waals surface area contributed by atoms with E-state index < -0.39 is 0 Å². The molecule has 0 aliphatic carbocycles. The number of nitrogens with one attached hydrogen (secondary N) is 2. The number of piperidine rings is 1. The van der Waals surface area contributed by atoms with Crippen molar-refractivity contribution in [1.82, 2.24) is 15.2 Å². The van der Waals surface area contributed by atoms with E-state index in [9.17, 15) is 9.59 Å². The van der Waals surface area contributed by atoms with Crippen molar-refractivity contribution in [3.63, 3.8) is 0 Å². The van der Waals surface area contributed by atoms with Crippen LogP contribution >= 0.6 is 0 Å². The Hall–Kier alpha value is -1.82. The number of carbonyl (C=O) groups excluding carboxylic acids is 2. The lowest BCUT2D eigenvalue weighted by Gasteiger charge is -2.32. The fourth-order valence-corrected chi connectivity index (χ4v) is 4.19. The number of fused-ring (bicyclic) bond motifs is 1. The Bertz CT molecular complexity index is 638. The Morgan fingerprint density at radius 1 is 1.29 bits per heavy atom. The quantitative estimate of drug-likeness (QED) is 0.827. The van der Waals surface area contributed by atoms with Crippen molar-refractivity contribution in [1.29, 1.82) is 0 Å². The number of nitrogens with zero attached hydrogens (tertiary/aromatic N) is 1. The van der Waals surface area contributed by atoms with E-state index in [0.29, 0.717) is 29.3 Å². The molecule has 3 heterocycles. The van der Waals surface area contributed by atoms with Gasteiger partial charge in [0.1, 0.15) is 5.69 Å². The van der Waals surface area contributed by atoms with Crippen molar-refractivity contribution in [2.24, 2.45) is 0 Å². The second kappa shape index (κ2) is 6.97. The van der Waals surface area contributed by atoms with Gasteiger partial charge in [-0.25, -0.2) is 4.79 Å². The first-order chi connectivity index (χ1) is 11.6. The molecule has 1 aromatic rings. The molecule has 0 unspecified atom stereocenters. The van der Waals surface area contributed by atoms with Gasteiger partial charge >= 0.3 is 5.97 Å². The van der Waals surface area contributed by atoms with Gasteiger partial charge in [-0.2, -0.15) is 0 Å². The van der Waals surface area contributed by atoms with E-state index in [-0.39, 0.29) is 17.9 Å². The normalized spacial score (nSPS) is 23.8. The Kier molecular flexibility index (Phi) is 4.94. The van der Waals surface area contributed by atoms with Crippen LogP contribution in [0.25, 0.3) is 0 Å². The topological polar surface area (TPSA) is 74.4 Å². The highest BCUT2D eigenvalue weighted by molar-refractivity contribution is 6.00. The number of hydrogen-bond donors (Lipinski definition) is 2. The van der Waals surface area contributed by atoms with Crippen molar-refractivity contribution in [2.45, 2.75) is 58.0 Å². The SMILES string of the molecule is CCc1[nH]c(C(=O)N[C@@H]2CCN3CCCC[C@H]23)c(C)c1C(=O)OC. The maximum atomic E-state index is 12.8. The lowest BCUT2D eigenvalue weighted by molar-refractivity contribution is 0.0599. The summed E-state index contributed by atoms with van der Waals surface area (Å²) in [6.07, 6.45) is 5.30. The summed E-state index contributed by atoms with van der Waals surface area (Å²) in [5.74, 6) is -0.506. The minimum atomic E-state index is -0.390. The molecule has 0 aromatic carbocycles. The molecule has 6 heteroatoms. The van der Waals surface area contributed by atoms with Crippen molar-refractivity contribution in [3.05, 3.63) is 22.5 Å². The van der Waals surface area contributed by atoms with Gasteiger partial charge in [0.05, 0.1) is 12.7 Å². The van der Waals surface area contributed by atoms with Gasteiger partial charge in [-0.1, -0.05) is 13.3 Å². The molecule has 132 valence electrons. The Morgan fingerprint density at radius 2 is 2.08 bits per heavy atom. The number of aromatic nitrogens is 1. The number of methoxy groups -OCH3 is 1. The molecule has 0 spiro atoms. The van der Waals surface area contributed by atoms with Crippen LogP contribution in [-0.4, -0.2) is 54.0 Å². The summed E-state index contributed by atoms with van der Waals surface area (Å²) in [4.78, 5) is 30.4. The van der Waals surface area contributed by atoms with E-state index in [1.807, 2.05) is 6.92 Å². The zero-order valence-electron chi connectivity index (χ0n) is 14.8. The highest BCUT2D eigenvalue weighted by atomic mass is 16.5. The zero-order valence-corrected chi connectivity index (χ0v) is 14.8. The van der Waals surface area contributed by atoms with E-state index in [1.54, 1.807) is 6.92 Å². The second-order valence-corrected chi connectivity index (χ2v) is 6.79. The zero-order chi connectivity index (χ0) is 17.3. The lowest BCUT2D eigenvalue weighted by atomic mass is 9.99. The fraction of sp³-hybridized carbons (Fsp3) is 0.667. The molecule has 2 aliphatic rings. The average molecular weight is 333 g/mol. The summed E-state index contributed by atoms with van der Waals surface area (Å²) < 4.78 is 4.86. The van der Waals surface area contributed by atoms with Crippen LogP contribution in [0.3, 0.4) is 0 Å². The maximum absolute atomic E-state index is 12.8. The number of esters is 1. The largest absolute Gasteiger partial charge is 0.465 e. The predicted octanol–water partition coefficient (Wildman–Crippen LogP) is 2.03. The number of rotatable bonds is 4. The van der Waals surface area contributed by atoms with Gasteiger partial charge in [0.2, 0.25) is 0 Å². The van der Waals surface area contributed by atoms with Crippen LogP contribution in [0.15, 0.2) is 0 Å². The van der Waals surface area contributed by atoms with Gasteiger partial charge in [-0.05, 0) is 44.7 Å². The van der Waals surface area contributed by atoms with E-state index in [4.69, 9.17) is 4.74 Å². The number of carbonyl (C=O) groups is 2. The summed E-state index contributed by atoms with van der Waals surface area (Å²) in [5, 5.41) is 3.19. The maximum Gasteiger partial charge on any atom is 0.339 e.